The molecule has 0 bridgehead atoms. The fraction of sp³-hybridized carbons (Fsp3) is 0.0769. The van der Waals surface area contributed by atoms with Gasteiger partial charge in [-0.05, 0) is 29.8 Å². The molecule has 2 aromatic rings. The molecular formula is C13H8ClF2NO4. The molecule has 0 unspecified atom stereocenters. The number of rotatable bonds is 3. The molecule has 2 rings (SSSR count). The van der Waals surface area contributed by atoms with E-state index in [0.29, 0.717) is 6.07 Å². The van der Waals surface area contributed by atoms with Crippen molar-refractivity contribution in [2.45, 2.75) is 0 Å². The molecule has 0 atom stereocenters. The lowest BCUT2D eigenvalue weighted by Crippen LogP contribution is -2.14. The summed E-state index contributed by atoms with van der Waals surface area (Å²) in [5, 5.41) is 2.13. The molecule has 0 aliphatic heterocycles. The Bertz CT molecular complexity index is 714. The first-order chi connectivity index (χ1) is 9.92. The molecule has 1 aromatic heterocycles. The summed E-state index contributed by atoms with van der Waals surface area (Å²) < 4.78 is 36.3. The van der Waals surface area contributed by atoms with Crippen molar-refractivity contribution >= 4 is 29.2 Å². The fourth-order valence-corrected chi connectivity index (χ4v) is 1.68. The van der Waals surface area contributed by atoms with Crippen molar-refractivity contribution in [3.63, 3.8) is 0 Å². The third-order valence-corrected chi connectivity index (χ3v) is 2.71. The van der Waals surface area contributed by atoms with Gasteiger partial charge >= 0.3 is 5.97 Å². The van der Waals surface area contributed by atoms with E-state index in [-0.39, 0.29) is 11.0 Å². The van der Waals surface area contributed by atoms with Gasteiger partial charge < -0.3 is 14.5 Å². The van der Waals surface area contributed by atoms with Gasteiger partial charge in [0.2, 0.25) is 0 Å². The molecule has 0 saturated carbocycles. The highest BCUT2D eigenvalue weighted by molar-refractivity contribution is 6.29. The normalized spacial score (nSPS) is 10.3. The minimum atomic E-state index is -1.10. The number of hydrogen-bond donors (Lipinski definition) is 1. The molecule has 110 valence electrons. The Morgan fingerprint density at radius 1 is 1.24 bits per heavy atom. The lowest BCUT2D eigenvalue weighted by atomic mass is 10.1. The Hall–Kier alpha value is -2.41. The summed E-state index contributed by atoms with van der Waals surface area (Å²) in [7, 11) is 1.05. The molecule has 1 aromatic carbocycles. The number of nitrogens with one attached hydrogen (secondary N) is 1. The zero-order valence-electron chi connectivity index (χ0n) is 10.6. The molecule has 0 radical (unpaired) electrons. The number of esters is 1. The second-order valence-corrected chi connectivity index (χ2v) is 4.23. The zero-order chi connectivity index (χ0) is 15.6. The predicted molar refractivity (Wildman–Crippen MR) is 69.4 cm³/mol. The first-order valence-electron chi connectivity index (χ1n) is 5.56. The number of carbonyl (C=O) groups is 2. The highest BCUT2D eigenvalue weighted by Crippen LogP contribution is 2.22. The number of carbonyl (C=O) groups excluding carboxylic acids is 2. The van der Waals surface area contributed by atoms with Crippen molar-refractivity contribution in [2.75, 3.05) is 12.4 Å². The SMILES string of the molecule is COC(=O)c1cc(NC(=O)c2ccc(Cl)o2)c(F)cc1F. The second kappa shape index (κ2) is 5.92. The maximum atomic E-state index is 13.6. The molecule has 21 heavy (non-hydrogen) atoms. The Morgan fingerprint density at radius 2 is 1.95 bits per heavy atom. The van der Waals surface area contributed by atoms with Crippen molar-refractivity contribution in [3.8, 4) is 0 Å². The summed E-state index contributed by atoms with van der Waals surface area (Å²) in [5.41, 5.74) is -0.902. The molecule has 1 N–H and O–H groups in total. The highest BCUT2D eigenvalue weighted by atomic mass is 35.5. The van der Waals surface area contributed by atoms with E-state index in [0.717, 1.165) is 13.2 Å². The molecular weight excluding hydrogens is 308 g/mol. The average molecular weight is 316 g/mol. The Labute approximate surface area is 122 Å². The summed E-state index contributed by atoms with van der Waals surface area (Å²) in [6.07, 6.45) is 0. The number of benzene rings is 1. The van der Waals surface area contributed by atoms with E-state index in [1.165, 1.54) is 12.1 Å². The summed E-state index contributed by atoms with van der Waals surface area (Å²) >= 11 is 5.51. The van der Waals surface area contributed by atoms with Gasteiger partial charge in [0.15, 0.2) is 11.0 Å². The summed E-state index contributed by atoms with van der Waals surface area (Å²) in [6, 6.07) is 3.91. The van der Waals surface area contributed by atoms with Gasteiger partial charge in [0.05, 0.1) is 18.4 Å². The Morgan fingerprint density at radius 3 is 2.52 bits per heavy atom. The monoisotopic (exact) mass is 315 g/mol. The minimum absolute atomic E-state index is 0.0185. The highest BCUT2D eigenvalue weighted by Gasteiger charge is 2.19. The minimum Gasteiger partial charge on any atom is -0.465 e. The Balaban J connectivity index is 2.31. The topological polar surface area (TPSA) is 68.5 Å². The smallest absolute Gasteiger partial charge is 0.340 e. The molecule has 1 heterocycles. The van der Waals surface area contributed by atoms with Crippen LogP contribution in [0.4, 0.5) is 14.5 Å². The van der Waals surface area contributed by atoms with Crippen molar-refractivity contribution in [2.24, 2.45) is 0 Å². The first kappa shape index (κ1) is 15.0. The second-order valence-electron chi connectivity index (χ2n) is 3.86. The van der Waals surface area contributed by atoms with Crippen LogP contribution in [0.2, 0.25) is 5.22 Å². The van der Waals surface area contributed by atoms with Gasteiger partial charge in [-0.1, -0.05) is 0 Å². The van der Waals surface area contributed by atoms with E-state index < -0.39 is 34.8 Å². The van der Waals surface area contributed by atoms with E-state index >= 15 is 0 Å². The molecule has 0 aliphatic rings. The number of anilines is 1. The van der Waals surface area contributed by atoms with Gasteiger partial charge in [0, 0.05) is 6.07 Å². The molecule has 8 heteroatoms. The van der Waals surface area contributed by atoms with Crippen LogP contribution in [0.3, 0.4) is 0 Å². The molecule has 0 fully saturated rings. The zero-order valence-corrected chi connectivity index (χ0v) is 11.3. The van der Waals surface area contributed by atoms with Crippen LogP contribution in [0.15, 0.2) is 28.7 Å². The van der Waals surface area contributed by atoms with Crippen LogP contribution in [0.25, 0.3) is 0 Å². The third kappa shape index (κ3) is 3.19. The van der Waals surface area contributed by atoms with E-state index in [1.54, 1.807) is 0 Å². The molecule has 0 aliphatic carbocycles. The van der Waals surface area contributed by atoms with E-state index in [4.69, 9.17) is 16.0 Å². The molecule has 5 nitrogen and oxygen atoms in total. The van der Waals surface area contributed by atoms with Crippen LogP contribution in [0.1, 0.15) is 20.9 Å². The number of hydrogen-bond acceptors (Lipinski definition) is 4. The number of halogens is 3. The number of furan rings is 1. The first-order valence-corrected chi connectivity index (χ1v) is 5.94. The quantitative estimate of drug-likeness (QED) is 0.883. The lowest BCUT2D eigenvalue weighted by molar-refractivity contribution is 0.0595. The maximum Gasteiger partial charge on any atom is 0.340 e. The summed E-state index contributed by atoms with van der Waals surface area (Å²) in [4.78, 5) is 23.1. The number of ether oxygens (including phenoxy) is 1. The fourth-order valence-electron chi connectivity index (χ4n) is 1.53. The molecule has 0 spiro atoms. The van der Waals surface area contributed by atoms with Crippen LogP contribution in [0, 0.1) is 11.6 Å². The van der Waals surface area contributed by atoms with Gasteiger partial charge in [-0.3, -0.25) is 4.79 Å². The number of methoxy groups -OCH3 is 1. The third-order valence-electron chi connectivity index (χ3n) is 2.51. The standard InChI is InChI=1S/C13H8ClF2NO4/c1-20-13(19)6-4-9(8(16)5-7(6)15)17-12(18)10-2-3-11(14)21-10/h2-5H,1H3,(H,17,18). The summed E-state index contributed by atoms with van der Waals surface area (Å²) in [5.74, 6) is -4.11. The van der Waals surface area contributed by atoms with Crippen LogP contribution in [-0.2, 0) is 4.74 Å². The van der Waals surface area contributed by atoms with Gasteiger partial charge in [-0.15, -0.1) is 0 Å². The van der Waals surface area contributed by atoms with Crippen molar-refractivity contribution < 1.29 is 27.5 Å². The van der Waals surface area contributed by atoms with Crippen LogP contribution >= 0.6 is 11.6 Å². The van der Waals surface area contributed by atoms with E-state index in [2.05, 4.69) is 10.1 Å². The van der Waals surface area contributed by atoms with Gasteiger partial charge in [-0.2, -0.15) is 0 Å². The maximum absolute atomic E-state index is 13.6. The largest absolute Gasteiger partial charge is 0.465 e. The molecule has 0 saturated heterocycles. The predicted octanol–water partition coefficient (Wildman–Crippen LogP) is 3.25. The lowest BCUT2D eigenvalue weighted by Gasteiger charge is -2.08. The average Bonchev–Trinajstić information content (AvgIpc) is 2.87. The number of amides is 1. The molecule has 1 amide bonds. The van der Waals surface area contributed by atoms with Crippen LogP contribution in [0.5, 0.6) is 0 Å². The van der Waals surface area contributed by atoms with Crippen LogP contribution < -0.4 is 5.32 Å². The Kier molecular flexibility index (Phi) is 4.23. The van der Waals surface area contributed by atoms with Gasteiger partial charge in [0.1, 0.15) is 11.6 Å². The van der Waals surface area contributed by atoms with Crippen LogP contribution in [-0.4, -0.2) is 19.0 Å². The van der Waals surface area contributed by atoms with Crippen molar-refractivity contribution in [1.29, 1.82) is 0 Å². The van der Waals surface area contributed by atoms with Gasteiger partial charge in [-0.25, -0.2) is 13.6 Å². The summed E-state index contributed by atoms with van der Waals surface area (Å²) in [6.45, 7) is 0. The van der Waals surface area contributed by atoms with E-state index in [9.17, 15) is 18.4 Å². The van der Waals surface area contributed by atoms with E-state index in [1.807, 2.05) is 0 Å². The van der Waals surface area contributed by atoms with Crippen molar-refractivity contribution in [3.05, 3.63) is 52.4 Å². The van der Waals surface area contributed by atoms with Gasteiger partial charge in [0.25, 0.3) is 5.91 Å². The van der Waals surface area contributed by atoms with Crippen molar-refractivity contribution in [1.82, 2.24) is 0 Å².